The summed E-state index contributed by atoms with van der Waals surface area (Å²) in [5, 5.41) is 10.0. The molecule has 0 fully saturated rings. The number of alkyl halides is 5. The van der Waals surface area contributed by atoms with Gasteiger partial charge in [-0.05, 0) is 18.2 Å². The van der Waals surface area contributed by atoms with Crippen molar-refractivity contribution < 1.29 is 36.6 Å². The van der Waals surface area contributed by atoms with Gasteiger partial charge in [0.25, 0.3) is 0 Å². The van der Waals surface area contributed by atoms with E-state index < -0.39 is 35.2 Å². The van der Waals surface area contributed by atoms with E-state index in [2.05, 4.69) is 15.9 Å². The van der Waals surface area contributed by atoms with Crippen LogP contribution in [0.2, 0.25) is 0 Å². The minimum atomic E-state index is -6.04. The summed E-state index contributed by atoms with van der Waals surface area (Å²) in [6, 6.07) is 2.81. The lowest BCUT2D eigenvalue weighted by molar-refractivity contribution is -0.267. The molecule has 0 aliphatic heterocycles. The number of hydrogen-bond acceptors (Lipinski definition) is 2. The Hall–Kier alpha value is -1.71. The fourth-order valence-electron chi connectivity index (χ4n) is 1.12. The van der Waals surface area contributed by atoms with Crippen LogP contribution in [0, 0.1) is 0 Å². The summed E-state index contributed by atoms with van der Waals surface area (Å²) in [7, 11) is 0. The van der Waals surface area contributed by atoms with Crippen LogP contribution in [0.5, 0.6) is 0 Å². The van der Waals surface area contributed by atoms with Gasteiger partial charge in [0, 0.05) is 10.2 Å². The Morgan fingerprint density at radius 2 is 1.65 bits per heavy atom. The highest BCUT2D eigenvalue weighted by atomic mass is 79.9. The minimum absolute atomic E-state index is 0.0861. The molecule has 20 heavy (non-hydrogen) atoms. The molecule has 0 aromatic heterocycles. The first-order valence-electron chi connectivity index (χ1n) is 4.75. The van der Waals surface area contributed by atoms with Gasteiger partial charge in [-0.2, -0.15) is 22.0 Å². The molecular formula is C10H5BrF5NO3. The highest BCUT2D eigenvalue weighted by molar-refractivity contribution is 9.10. The molecule has 0 aliphatic carbocycles. The molecule has 0 bridgehead atoms. The van der Waals surface area contributed by atoms with Gasteiger partial charge in [-0.25, -0.2) is 4.79 Å². The monoisotopic (exact) mass is 361 g/mol. The van der Waals surface area contributed by atoms with E-state index in [4.69, 9.17) is 5.11 Å². The summed E-state index contributed by atoms with van der Waals surface area (Å²) in [5.41, 5.74) is -0.907. The van der Waals surface area contributed by atoms with Gasteiger partial charge >= 0.3 is 24.0 Å². The molecule has 0 radical (unpaired) electrons. The minimum Gasteiger partial charge on any atom is -0.478 e. The van der Waals surface area contributed by atoms with Gasteiger partial charge in [0.1, 0.15) is 0 Å². The zero-order valence-corrected chi connectivity index (χ0v) is 10.8. The molecule has 0 saturated carbocycles. The fourth-order valence-corrected chi connectivity index (χ4v) is 1.62. The van der Waals surface area contributed by atoms with E-state index in [1.807, 2.05) is 0 Å². The number of benzene rings is 1. The number of aromatic carboxylic acids is 1. The number of halogens is 6. The Bertz CT molecular complexity index is 558. The number of carbonyl (C=O) groups excluding carboxylic acids is 1. The molecule has 2 N–H and O–H groups in total. The number of carboxylic acid groups (broad SMARTS) is 1. The lowest BCUT2D eigenvalue weighted by Crippen LogP contribution is -2.47. The molecule has 110 valence electrons. The van der Waals surface area contributed by atoms with Crippen molar-refractivity contribution in [3.63, 3.8) is 0 Å². The average molecular weight is 362 g/mol. The second-order valence-corrected chi connectivity index (χ2v) is 4.48. The first-order chi connectivity index (χ1) is 8.95. The van der Waals surface area contributed by atoms with E-state index >= 15 is 0 Å². The van der Waals surface area contributed by atoms with Crippen molar-refractivity contribution in [1.29, 1.82) is 0 Å². The van der Waals surface area contributed by atoms with Crippen molar-refractivity contribution in [2.45, 2.75) is 12.1 Å². The molecule has 0 saturated heterocycles. The van der Waals surface area contributed by atoms with Crippen LogP contribution in [0.15, 0.2) is 22.7 Å². The van der Waals surface area contributed by atoms with E-state index in [1.54, 1.807) is 0 Å². The maximum Gasteiger partial charge on any atom is 0.463 e. The molecule has 1 amide bonds. The molecule has 0 spiro atoms. The number of carbonyl (C=O) groups is 2. The average Bonchev–Trinajstić information content (AvgIpc) is 2.26. The maximum absolute atomic E-state index is 12.7. The van der Waals surface area contributed by atoms with Crippen molar-refractivity contribution in [1.82, 2.24) is 0 Å². The van der Waals surface area contributed by atoms with E-state index in [-0.39, 0.29) is 4.47 Å². The highest BCUT2D eigenvalue weighted by Crippen LogP contribution is 2.36. The molecule has 1 aromatic carbocycles. The summed E-state index contributed by atoms with van der Waals surface area (Å²) >= 11 is 2.84. The van der Waals surface area contributed by atoms with E-state index in [0.717, 1.165) is 18.2 Å². The SMILES string of the molecule is O=C(O)c1cc(Br)cc(NC(=O)C(F)(F)C(F)(F)F)c1. The van der Waals surface area contributed by atoms with Gasteiger partial charge in [0.2, 0.25) is 0 Å². The zero-order chi connectivity index (χ0) is 15.7. The number of hydrogen-bond donors (Lipinski definition) is 2. The second kappa shape index (κ2) is 5.35. The van der Waals surface area contributed by atoms with Crippen LogP contribution in [0.3, 0.4) is 0 Å². The van der Waals surface area contributed by atoms with Crippen LogP contribution < -0.4 is 5.32 Å². The second-order valence-electron chi connectivity index (χ2n) is 3.56. The Kier molecular flexibility index (Phi) is 4.37. The molecule has 0 aliphatic rings. The van der Waals surface area contributed by atoms with Crippen LogP contribution >= 0.6 is 15.9 Å². The normalized spacial score (nSPS) is 12.1. The van der Waals surface area contributed by atoms with Crippen molar-refractivity contribution in [3.8, 4) is 0 Å². The van der Waals surface area contributed by atoms with Gasteiger partial charge in [0.05, 0.1) is 5.56 Å². The quantitative estimate of drug-likeness (QED) is 0.812. The third kappa shape index (κ3) is 3.44. The first kappa shape index (κ1) is 16.3. The molecule has 1 aromatic rings. The number of nitrogens with one attached hydrogen (secondary N) is 1. The summed E-state index contributed by atoms with van der Waals surface area (Å²) in [5.74, 6) is -9.62. The Morgan fingerprint density at radius 1 is 1.10 bits per heavy atom. The summed E-state index contributed by atoms with van der Waals surface area (Å²) in [4.78, 5) is 21.6. The van der Waals surface area contributed by atoms with E-state index in [9.17, 15) is 31.5 Å². The molecule has 1 rings (SSSR count). The maximum atomic E-state index is 12.7. The van der Waals surface area contributed by atoms with E-state index in [1.165, 1.54) is 5.32 Å². The van der Waals surface area contributed by atoms with Gasteiger partial charge < -0.3 is 10.4 Å². The Balaban J connectivity index is 3.05. The summed E-state index contributed by atoms with van der Waals surface area (Å²) in [6.07, 6.45) is -6.04. The Morgan fingerprint density at radius 3 is 2.10 bits per heavy atom. The predicted octanol–water partition coefficient (Wildman–Crippen LogP) is 3.28. The first-order valence-corrected chi connectivity index (χ1v) is 5.54. The third-order valence-corrected chi connectivity index (χ3v) is 2.50. The van der Waals surface area contributed by atoms with Crippen LogP contribution in [0.1, 0.15) is 10.4 Å². The summed E-state index contributed by atoms with van der Waals surface area (Å²) < 4.78 is 61.4. The zero-order valence-electron chi connectivity index (χ0n) is 9.26. The lowest BCUT2D eigenvalue weighted by atomic mass is 10.2. The van der Waals surface area contributed by atoms with Crippen molar-refractivity contribution in [2.24, 2.45) is 0 Å². The van der Waals surface area contributed by atoms with Gasteiger partial charge in [-0.3, -0.25) is 4.79 Å². The molecule has 0 unspecified atom stereocenters. The van der Waals surface area contributed by atoms with E-state index in [0.29, 0.717) is 0 Å². The smallest absolute Gasteiger partial charge is 0.463 e. The van der Waals surface area contributed by atoms with Gasteiger partial charge in [-0.1, -0.05) is 15.9 Å². The van der Waals surface area contributed by atoms with Crippen LogP contribution in [-0.4, -0.2) is 29.1 Å². The number of carboxylic acids is 1. The molecular weight excluding hydrogens is 357 g/mol. The molecule has 4 nitrogen and oxygen atoms in total. The molecule has 0 atom stereocenters. The summed E-state index contributed by atoms with van der Waals surface area (Å²) in [6.45, 7) is 0. The van der Waals surface area contributed by atoms with Crippen LogP contribution in [0.4, 0.5) is 27.6 Å². The van der Waals surface area contributed by atoms with Gasteiger partial charge in [0.15, 0.2) is 0 Å². The topological polar surface area (TPSA) is 66.4 Å². The van der Waals surface area contributed by atoms with Crippen molar-refractivity contribution in [3.05, 3.63) is 28.2 Å². The largest absolute Gasteiger partial charge is 0.478 e. The predicted molar refractivity (Wildman–Crippen MR) is 60.7 cm³/mol. The standard InChI is InChI=1S/C10H5BrF5NO3/c11-5-1-4(7(18)19)2-6(3-5)17-8(20)9(12,13)10(14,15)16/h1-3H,(H,17,20)(H,18,19). The highest BCUT2D eigenvalue weighted by Gasteiger charge is 2.63. The lowest BCUT2D eigenvalue weighted by Gasteiger charge is -2.18. The third-order valence-electron chi connectivity index (χ3n) is 2.04. The number of anilines is 1. The fraction of sp³-hybridized carbons (Fsp3) is 0.200. The van der Waals surface area contributed by atoms with Crippen molar-refractivity contribution in [2.75, 3.05) is 5.32 Å². The molecule has 10 heteroatoms. The van der Waals surface area contributed by atoms with Crippen LogP contribution in [-0.2, 0) is 4.79 Å². The van der Waals surface area contributed by atoms with Crippen LogP contribution in [0.25, 0.3) is 0 Å². The molecule has 0 heterocycles. The number of rotatable bonds is 3. The number of amides is 1. The van der Waals surface area contributed by atoms with Gasteiger partial charge in [-0.15, -0.1) is 0 Å². The Labute approximate surface area is 116 Å². The van der Waals surface area contributed by atoms with Crippen molar-refractivity contribution >= 4 is 33.5 Å².